The van der Waals surface area contributed by atoms with Crippen molar-refractivity contribution in [2.45, 2.75) is 26.2 Å². The number of carbonyl (C=O) groups is 1. The van der Waals surface area contributed by atoms with E-state index < -0.39 is 10.0 Å². The Morgan fingerprint density at radius 2 is 1.92 bits per heavy atom. The first-order chi connectivity index (χ1) is 5.90. The van der Waals surface area contributed by atoms with E-state index in [2.05, 4.69) is 4.72 Å². The molecule has 1 aliphatic rings. The van der Waals surface area contributed by atoms with Gasteiger partial charge >= 0.3 is 0 Å². The second-order valence-electron chi connectivity index (χ2n) is 3.25. The summed E-state index contributed by atoms with van der Waals surface area (Å²) in [4.78, 5) is 11.2. The fourth-order valence-electron chi connectivity index (χ4n) is 1.32. The number of hydrogen-bond acceptors (Lipinski definition) is 3. The Morgan fingerprint density at radius 1 is 1.31 bits per heavy atom. The van der Waals surface area contributed by atoms with E-state index in [0.717, 1.165) is 12.7 Å². The Labute approximate surface area is 78.1 Å². The maximum atomic E-state index is 11.2. The third kappa shape index (κ3) is 2.84. The zero-order chi connectivity index (χ0) is 10.1. The van der Waals surface area contributed by atoms with E-state index in [9.17, 15) is 13.2 Å². The highest BCUT2D eigenvalue weighted by molar-refractivity contribution is 7.88. The van der Waals surface area contributed by atoms with E-state index in [-0.39, 0.29) is 5.78 Å². The number of rotatable bonds is 2. The Balaban J connectivity index is 2.90. The number of sulfonamides is 1. The largest absolute Gasteiger partial charge is 0.294 e. The van der Waals surface area contributed by atoms with Gasteiger partial charge in [-0.15, -0.1) is 0 Å². The van der Waals surface area contributed by atoms with Gasteiger partial charge in [0.25, 0.3) is 0 Å². The molecule has 0 aromatic carbocycles. The third-order valence-electron chi connectivity index (χ3n) is 2.01. The molecule has 0 spiro atoms. The minimum Gasteiger partial charge on any atom is -0.294 e. The second-order valence-corrected chi connectivity index (χ2v) is 5.00. The maximum absolute atomic E-state index is 11.2. The molecule has 1 aliphatic carbocycles. The van der Waals surface area contributed by atoms with E-state index >= 15 is 0 Å². The van der Waals surface area contributed by atoms with E-state index in [1.54, 1.807) is 6.92 Å². The zero-order valence-corrected chi connectivity index (χ0v) is 8.57. The number of ketones is 1. The Bertz CT molecular complexity index is 354. The van der Waals surface area contributed by atoms with Crippen molar-refractivity contribution in [2.24, 2.45) is 0 Å². The second kappa shape index (κ2) is 3.49. The molecule has 1 N–H and O–H groups in total. The monoisotopic (exact) mass is 203 g/mol. The predicted octanol–water partition coefficient (Wildman–Crippen LogP) is 0.563. The summed E-state index contributed by atoms with van der Waals surface area (Å²) in [6.45, 7) is 1.66. The van der Waals surface area contributed by atoms with Gasteiger partial charge in [-0.1, -0.05) is 0 Å². The minimum absolute atomic E-state index is 0.0393. The lowest BCUT2D eigenvalue weighted by atomic mass is 9.97. The van der Waals surface area contributed by atoms with Gasteiger partial charge in [-0.05, 0) is 19.8 Å². The molecule has 1 rings (SSSR count). The van der Waals surface area contributed by atoms with Gasteiger partial charge < -0.3 is 0 Å². The lowest BCUT2D eigenvalue weighted by Crippen LogP contribution is -2.26. The molecular formula is C8H13NO3S. The lowest BCUT2D eigenvalue weighted by molar-refractivity contribution is -0.116. The van der Waals surface area contributed by atoms with Crippen LogP contribution in [0.4, 0.5) is 0 Å². The number of carbonyl (C=O) groups excluding carboxylic acids is 1. The first kappa shape index (κ1) is 10.2. The van der Waals surface area contributed by atoms with Crippen molar-refractivity contribution in [2.75, 3.05) is 6.26 Å². The number of Topliss-reactive ketones (excluding diaryl/α,β-unsaturated/α-hetero) is 1. The van der Waals surface area contributed by atoms with Crippen LogP contribution < -0.4 is 4.72 Å². The fourth-order valence-corrected chi connectivity index (χ4v) is 2.02. The quantitative estimate of drug-likeness (QED) is 0.713. The Morgan fingerprint density at radius 3 is 2.46 bits per heavy atom. The smallest absolute Gasteiger partial charge is 0.229 e. The first-order valence-corrected chi connectivity index (χ1v) is 6.00. The van der Waals surface area contributed by atoms with Gasteiger partial charge in [0.15, 0.2) is 5.78 Å². The van der Waals surface area contributed by atoms with Gasteiger partial charge in [-0.3, -0.25) is 9.52 Å². The van der Waals surface area contributed by atoms with Crippen LogP contribution >= 0.6 is 0 Å². The third-order valence-corrected chi connectivity index (χ3v) is 2.63. The van der Waals surface area contributed by atoms with Gasteiger partial charge in [0.1, 0.15) is 0 Å². The molecule has 0 radical (unpaired) electrons. The normalized spacial score (nSPS) is 19.1. The lowest BCUT2D eigenvalue weighted by Gasteiger charge is -2.16. The van der Waals surface area contributed by atoms with Crippen LogP contribution in [0.15, 0.2) is 11.3 Å². The van der Waals surface area contributed by atoms with Crippen LogP contribution in [0.2, 0.25) is 0 Å². The summed E-state index contributed by atoms with van der Waals surface area (Å²) in [7, 11) is -3.24. The Kier molecular flexibility index (Phi) is 2.75. The molecular weight excluding hydrogens is 190 g/mol. The predicted molar refractivity (Wildman–Crippen MR) is 49.5 cm³/mol. The molecule has 4 nitrogen and oxygen atoms in total. The summed E-state index contributed by atoms with van der Waals surface area (Å²) in [5.41, 5.74) is 1.11. The highest BCUT2D eigenvalue weighted by Gasteiger charge is 2.18. The number of allylic oxidation sites excluding steroid dienone is 2. The summed E-state index contributed by atoms with van der Waals surface area (Å²) in [6, 6.07) is 0. The van der Waals surface area contributed by atoms with Gasteiger partial charge in [-0.25, -0.2) is 8.42 Å². The standard InChI is InChI=1S/C8H13NO3S/c1-6-7(9-13(2,11)12)4-3-5-8(6)10/h9H,3-5H2,1-2H3. The first-order valence-electron chi connectivity index (χ1n) is 4.11. The molecule has 5 heteroatoms. The number of nitrogens with one attached hydrogen (secondary N) is 1. The summed E-state index contributed by atoms with van der Waals surface area (Å²) < 4.78 is 24.2. The molecule has 0 aromatic rings. The molecule has 0 heterocycles. The molecule has 0 saturated heterocycles. The maximum Gasteiger partial charge on any atom is 0.229 e. The van der Waals surface area contributed by atoms with E-state index in [4.69, 9.17) is 0 Å². The average molecular weight is 203 g/mol. The number of hydrogen-bond donors (Lipinski definition) is 1. The molecule has 13 heavy (non-hydrogen) atoms. The van der Waals surface area contributed by atoms with Crippen LogP contribution in [-0.4, -0.2) is 20.5 Å². The van der Waals surface area contributed by atoms with Crippen LogP contribution in [0, 0.1) is 0 Å². The van der Waals surface area contributed by atoms with Crippen LogP contribution in [0.3, 0.4) is 0 Å². The fraction of sp³-hybridized carbons (Fsp3) is 0.625. The van der Waals surface area contributed by atoms with Gasteiger partial charge in [0, 0.05) is 17.7 Å². The average Bonchev–Trinajstić information content (AvgIpc) is 1.96. The summed E-state index contributed by atoms with van der Waals surface area (Å²) in [6.07, 6.45) is 2.99. The summed E-state index contributed by atoms with van der Waals surface area (Å²) in [5, 5.41) is 0. The van der Waals surface area contributed by atoms with E-state index in [1.807, 2.05) is 0 Å². The molecule has 0 aliphatic heterocycles. The van der Waals surface area contributed by atoms with Crippen molar-refractivity contribution < 1.29 is 13.2 Å². The van der Waals surface area contributed by atoms with Gasteiger partial charge in [0.2, 0.25) is 10.0 Å². The van der Waals surface area contributed by atoms with Crippen molar-refractivity contribution in [3.63, 3.8) is 0 Å². The highest BCUT2D eigenvalue weighted by atomic mass is 32.2. The minimum atomic E-state index is -3.24. The molecule has 0 fully saturated rings. The van der Waals surface area contributed by atoms with Gasteiger partial charge in [0.05, 0.1) is 6.26 Å². The summed E-state index contributed by atoms with van der Waals surface area (Å²) >= 11 is 0. The molecule has 0 unspecified atom stereocenters. The topological polar surface area (TPSA) is 63.2 Å². The van der Waals surface area contributed by atoms with Crippen molar-refractivity contribution in [3.8, 4) is 0 Å². The highest BCUT2D eigenvalue weighted by Crippen LogP contribution is 2.19. The molecule has 0 amide bonds. The molecule has 0 atom stereocenters. The van der Waals surface area contributed by atoms with Crippen LogP contribution in [0.1, 0.15) is 26.2 Å². The van der Waals surface area contributed by atoms with Gasteiger partial charge in [-0.2, -0.15) is 0 Å². The van der Waals surface area contributed by atoms with Crippen molar-refractivity contribution in [1.29, 1.82) is 0 Å². The zero-order valence-electron chi connectivity index (χ0n) is 7.75. The summed E-state index contributed by atoms with van der Waals surface area (Å²) in [5.74, 6) is 0.0393. The van der Waals surface area contributed by atoms with Crippen molar-refractivity contribution in [1.82, 2.24) is 4.72 Å². The SMILES string of the molecule is CC1=C(NS(C)(=O)=O)CCCC1=O. The van der Waals surface area contributed by atoms with Crippen LogP contribution in [0.5, 0.6) is 0 Å². The molecule has 0 saturated carbocycles. The molecule has 0 aromatic heterocycles. The van der Waals surface area contributed by atoms with Crippen LogP contribution in [-0.2, 0) is 14.8 Å². The van der Waals surface area contributed by atoms with Crippen molar-refractivity contribution in [3.05, 3.63) is 11.3 Å². The van der Waals surface area contributed by atoms with Crippen LogP contribution in [0.25, 0.3) is 0 Å². The Hall–Kier alpha value is -0.840. The molecule has 74 valence electrons. The molecule has 0 bridgehead atoms. The van der Waals surface area contributed by atoms with E-state index in [0.29, 0.717) is 24.1 Å². The van der Waals surface area contributed by atoms with Crippen molar-refractivity contribution >= 4 is 15.8 Å². The van der Waals surface area contributed by atoms with E-state index in [1.165, 1.54) is 0 Å².